The van der Waals surface area contributed by atoms with Gasteiger partial charge in [-0.2, -0.15) is 0 Å². The summed E-state index contributed by atoms with van der Waals surface area (Å²) in [5.41, 5.74) is 2.60. The molecule has 0 N–H and O–H groups in total. The minimum atomic E-state index is 1.09. The SMILES string of the molecule is CSc1cc(C)c(C)c(S)c1. The van der Waals surface area contributed by atoms with Crippen LogP contribution >= 0.6 is 24.4 Å². The van der Waals surface area contributed by atoms with Gasteiger partial charge in [0.25, 0.3) is 0 Å². The van der Waals surface area contributed by atoms with E-state index in [1.54, 1.807) is 11.8 Å². The number of thiol groups is 1. The Morgan fingerprint density at radius 2 is 1.91 bits per heavy atom. The highest BCUT2D eigenvalue weighted by atomic mass is 32.2. The molecule has 0 amide bonds. The standard InChI is InChI=1S/C9H12S2/c1-6-4-8(11-3)5-9(10)7(6)2/h4-5,10H,1-3H3. The van der Waals surface area contributed by atoms with Gasteiger partial charge in [0.05, 0.1) is 0 Å². The van der Waals surface area contributed by atoms with E-state index < -0.39 is 0 Å². The second-order valence-electron chi connectivity index (χ2n) is 2.59. The van der Waals surface area contributed by atoms with Crippen molar-refractivity contribution in [1.29, 1.82) is 0 Å². The van der Waals surface area contributed by atoms with Gasteiger partial charge in [0.15, 0.2) is 0 Å². The van der Waals surface area contributed by atoms with Crippen LogP contribution in [0.3, 0.4) is 0 Å². The summed E-state index contributed by atoms with van der Waals surface area (Å²) in [5.74, 6) is 0. The second-order valence-corrected chi connectivity index (χ2v) is 3.95. The maximum absolute atomic E-state index is 4.38. The summed E-state index contributed by atoms with van der Waals surface area (Å²) < 4.78 is 0. The molecule has 1 rings (SSSR count). The molecule has 0 aliphatic carbocycles. The van der Waals surface area contributed by atoms with Gasteiger partial charge in [0.1, 0.15) is 0 Å². The van der Waals surface area contributed by atoms with Gasteiger partial charge in [0.2, 0.25) is 0 Å². The van der Waals surface area contributed by atoms with Crippen molar-refractivity contribution in [3.05, 3.63) is 23.3 Å². The van der Waals surface area contributed by atoms with E-state index in [4.69, 9.17) is 0 Å². The van der Waals surface area contributed by atoms with Crippen molar-refractivity contribution >= 4 is 24.4 Å². The molecule has 2 heteroatoms. The molecule has 0 fully saturated rings. The highest BCUT2D eigenvalue weighted by Crippen LogP contribution is 2.24. The van der Waals surface area contributed by atoms with Crippen molar-refractivity contribution in [2.45, 2.75) is 23.6 Å². The Bertz CT molecular complexity index is 243. The zero-order chi connectivity index (χ0) is 8.43. The maximum atomic E-state index is 4.38. The summed E-state index contributed by atoms with van der Waals surface area (Å²) in [7, 11) is 0. The predicted molar refractivity (Wildman–Crippen MR) is 54.9 cm³/mol. The van der Waals surface area contributed by atoms with Gasteiger partial charge in [-0.15, -0.1) is 24.4 Å². The Morgan fingerprint density at radius 3 is 2.36 bits per heavy atom. The molecule has 0 spiro atoms. The van der Waals surface area contributed by atoms with Gasteiger partial charge in [-0.05, 0) is 43.4 Å². The third-order valence-corrected chi connectivity index (χ3v) is 3.02. The first-order valence-electron chi connectivity index (χ1n) is 3.49. The van der Waals surface area contributed by atoms with Crippen molar-refractivity contribution in [1.82, 2.24) is 0 Å². The average molecular weight is 184 g/mol. The Labute approximate surface area is 77.8 Å². The summed E-state index contributed by atoms with van der Waals surface area (Å²) in [4.78, 5) is 2.38. The molecule has 0 radical (unpaired) electrons. The van der Waals surface area contributed by atoms with E-state index in [0.29, 0.717) is 0 Å². The highest BCUT2D eigenvalue weighted by Gasteiger charge is 1.99. The molecule has 0 saturated heterocycles. The van der Waals surface area contributed by atoms with Crippen molar-refractivity contribution < 1.29 is 0 Å². The van der Waals surface area contributed by atoms with Crippen molar-refractivity contribution in [2.75, 3.05) is 6.26 Å². The highest BCUT2D eigenvalue weighted by molar-refractivity contribution is 7.98. The first-order valence-corrected chi connectivity index (χ1v) is 5.16. The van der Waals surface area contributed by atoms with Crippen LogP contribution in [-0.4, -0.2) is 6.26 Å². The first kappa shape index (κ1) is 9.01. The molecule has 0 heterocycles. The lowest BCUT2D eigenvalue weighted by molar-refractivity contribution is 1.18. The van der Waals surface area contributed by atoms with Crippen LogP contribution < -0.4 is 0 Å². The Balaban J connectivity index is 3.21. The van der Waals surface area contributed by atoms with Crippen LogP contribution in [0.25, 0.3) is 0 Å². The quantitative estimate of drug-likeness (QED) is 0.516. The first-order chi connectivity index (χ1) is 5.15. The Hall–Kier alpha value is -0.0800. The molecule has 1 aromatic rings. The van der Waals surface area contributed by atoms with E-state index in [1.807, 2.05) is 0 Å². The van der Waals surface area contributed by atoms with E-state index >= 15 is 0 Å². The summed E-state index contributed by atoms with van der Waals surface area (Å²) >= 11 is 6.13. The molecule has 0 nitrogen and oxygen atoms in total. The third-order valence-electron chi connectivity index (χ3n) is 1.85. The molecule has 0 aromatic heterocycles. The molecule has 0 atom stereocenters. The second kappa shape index (κ2) is 3.55. The fraction of sp³-hybridized carbons (Fsp3) is 0.333. The number of rotatable bonds is 1. The van der Waals surface area contributed by atoms with E-state index in [-0.39, 0.29) is 0 Å². The van der Waals surface area contributed by atoms with E-state index in [0.717, 1.165) is 4.90 Å². The summed E-state index contributed by atoms with van der Waals surface area (Å²) in [6, 6.07) is 4.30. The zero-order valence-electron chi connectivity index (χ0n) is 7.01. The zero-order valence-corrected chi connectivity index (χ0v) is 8.72. The minimum Gasteiger partial charge on any atom is -0.143 e. The van der Waals surface area contributed by atoms with Crippen LogP contribution in [0.1, 0.15) is 11.1 Å². The van der Waals surface area contributed by atoms with Gasteiger partial charge in [-0.3, -0.25) is 0 Å². The van der Waals surface area contributed by atoms with Crippen molar-refractivity contribution in [3.63, 3.8) is 0 Å². The lowest BCUT2D eigenvalue weighted by Gasteiger charge is -2.05. The van der Waals surface area contributed by atoms with Crippen molar-refractivity contribution in [2.24, 2.45) is 0 Å². The van der Waals surface area contributed by atoms with Crippen LogP contribution in [0.5, 0.6) is 0 Å². The molecule has 11 heavy (non-hydrogen) atoms. The van der Waals surface area contributed by atoms with Crippen LogP contribution in [0.2, 0.25) is 0 Å². The van der Waals surface area contributed by atoms with Crippen molar-refractivity contribution in [3.8, 4) is 0 Å². The number of hydrogen-bond donors (Lipinski definition) is 1. The summed E-state index contributed by atoms with van der Waals surface area (Å²) in [6.07, 6.45) is 2.08. The molecule has 1 aromatic carbocycles. The van der Waals surface area contributed by atoms with Crippen LogP contribution in [0, 0.1) is 13.8 Å². The molecule has 0 aliphatic rings. The number of thioether (sulfide) groups is 1. The predicted octanol–water partition coefficient (Wildman–Crippen LogP) is 3.31. The number of hydrogen-bond acceptors (Lipinski definition) is 2. The topological polar surface area (TPSA) is 0 Å². The normalized spacial score (nSPS) is 10.2. The average Bonchev–Trinajstić information content (AvgIpc) is 1.99. The molecule has 0 unspecified atom stereocenters. The minimum absolute atomic E-state index is 1.09. The lowest BCUT2D eigenvalue weighted by atomic mass is 10.1. The summed E-state index contributed by atoms with van der Waals surface area (Å²) in [5, 5.41) is 0. The largest absolute Gasteiger partial charge is 0.143 e. The van der Waals surface area contributed by atoms with Gasteiger partial charge in [-0.25, -0.2) is 0 Å². The van der Waals surface area contributed by atoms with E-state index in [9.17, 15) is 0 Å². The molecular weight excluding hydrogens is 172 g/mol. The monoisotopic (exact) mass is 184 g/mol. The van der Waals surface area contributed by atoms with Crippen LogP contribution in [0.15, 0.2) is 21.9 Å². The third kappa shape index (κ3) is 1.94. The number of aryl methyl sites for hydroxylation is 1. The smallest absolute Gasteiger partial charge is 0.00830 e. The lowest BCUT2D eigenvalue weighted by Crippen LogP contribution is -1.83. The van der Waals surface area contributed by atoms with Gasteiger partial charge >= 0.3 is 0 Å². The summed E-state index contributed by atoms with van der Waals surface area (Å²) in [6.45, 7) is 4.22. The van der Waals surface area contributed by atoms with E-state index in [1.165, 1.54) is 16.0 Å². The number of benzene rings is 1. The molecule has 0 saturated carbocycles. The van der Waals surface area contributed by atoms with Gasteiger partial charge in [-0.1, -0.05) is 0 Å². The fourth-order valence-electron chi connectivity index (χ4n) is 0.926. The molecular formula is C9H12S2. The Kier molecular flexibility index (Phi) is 2.90. The van der Waals surface area contributed by atoms with Gasteiger partial charge < -0.3 is 0 Å². The molecule has 0 bridgehead atoms. The maximum Gasteiger partial charge on any atom is 0.00830 e. The molecule has 0 aliphatic heterocycles. The van der Waals surface area contributed by atoms with E-state index in [2.05, 4.69) is 44.9 Å². The fourth-order valence-corrected chi connectivity index (χ4v) is 1.86. The van der Waals surface area contributed by atoms with Gasteiger partial charge in [0, 0.05) is 9.79 Å². The molecule has 60 valence electrons. The van der Waals surface area contributed by atoms with Crippen LogP contribution in [-0.2, 0) is 0 Å². The van der Waals surface area contributed by atoms with Crippen LogP contribution in [0.4, 0.5) is 0 Å². The Morgan fingerprint density at radius 1 is 1.27 bits per heavy atom.